The second kappa shape index (κ2) is 7.91. The monoisotopic (exact) mass is 390 g/mol. The van der Waals surface area contributed by atoms with Crippen LogP contribution in [0.15, 0.2) is 77.2 Å². The molecule has 0 radical (unpaired) electrons. The molecule has 0 saturated carbocycles. The highest BCUT2D eigenvalue weighted by Gasteiger charge is 2.14. The molecule has 4 rings (SSSR count). The van der Waals surface area contributed by atoms with Crippen molar-refractivity contribution in [1.29, 1.82) is 0 Å². The molecule has 0 aliphatic heterocycles. The zero-order chi connectivity index (χ0) is 19.5. The fourth-order valence-electron chi connectivity index (χ4n) is 3.22. The van der Waals surface area contributed by atoms with Crippen LogP contribution < -0.4 is 0 Å². The molecule has 1 aromatic heterocycles. The molecule has 0 bridgehead atoms. The van der Waals surface area contributed by atoms with Crippen LogP contribution >= 0.6 is 11.6 Å². The maximum Gasteiger partial charge on any atom is 0.338 e. The Kier molecular flexibility index (Phi) is 5.18. The Morgan fingerprint density at radius 2 is 1.79 bits per heavy atom. The largest absolute Gasteiger partial charge is 0.462 e. The first-order valence-corrected chi connectivity index (χ1v) is 9.55. The molecule has 28 heavy (non-hydrogen) atoms. The SMILES string of the molecule is CCOC(=O)c1ccc(-c2cc3cc(Cc4ccccc4)ccc3o2)c(Cl)c1. The second-order valence-corrected chi connectivity index (χ2v) is 6.97. The Bertz CT molecular complexity index is 1130. The minimum Gasteiger partial charge on any atom is -0.462 e. The lowest BCUT2D eigenvalue weighted by molar-refractivity contribution is 0.0526. The number of hydrogen-bond acceptors (Lipinski definition) is 3. The molecule has 140 valence electrons. The van der Waals surface area contributed by atoms with Crippen molar-refractivity contribution < 1.29 is 13.9 Å². The summed E-state index contributed by atoms with van der Waals surface area (Å²) in [5, 5.41) is 1.48. The predicted molar refractivity (Wildman–Crippen MR) is 112 cm³/mol. The van der Waals surface area contributed by atoms with Gasteiger partial charge in [0.2, 0.25) is 0 Å². The van der Waals surface area contributed by atoms with Gasteiger partial charge < -0.3 is 9.15 Å². The van der Waals surface area contributed by atoms with Gasteiger partial charge in [0.15, 0.2) is 0 Å². The van der Waals surface area contributed by atoms with E-state index in [1.54, 1.807) is 25.1 Å². The first-order valence-electron chi connectivity index (χ1n) is 9.17. The fourth-order valence-corrected chi connectivity index (χ4v) is 3.50. The highest BCUT2D eigenvalue weighted by atomic mass is 35.5. The highest BCUT2D eigenvalue weighted by molar-refractivity contribution is 6.33. The van der Waals surface area contributed by atoms with E-state index in [1.807, 2.05) is 30.3 Å². The number of furan rings is 1. The molecule has 0 saturated heterocycles. The zero-order valence-corrected chi connectivity index (χ0v) is 16.2. The quantitative estimate of drug-likeness (QED) is 0.364. The van der Waals surface area contributed by atoms with Crippen LogP contribution in [0.1, 0.15) is 28.4 Å². The van der Waals surface area contributed by atoms with Gasteiger partial charge in [0.1, 0.15) is 11.3 Å². The summed E-state index contributed by atoms with van der Waals surface area (Å²) in [6.07, 6.45) is 0.867. The Labute approximate surface area is 168 Å². The minimum atomic E-state index is -0.383. The lowest BCUT2D eigenvalue weighted by Crippen LogP contribution is -2.04. The highest BCUT2D eigenvalue weighted by Crippen LogP contribution is 2.34. The molecule has 3 nitrogen and oxygen atoms in total. The van der Waals surface area contributed by atoms with Gasteiger partial charge in [-0.3, -0.25) is 0 Å². The van der Waals surface area contributed by atoms with E-state index in [2.05, 4.69) is 24.3 Å². The predicted octanol–water partition coefficient (Wildman–Crippen LogP) is 6.52. The Morgan fingerprint density at radius 1 is 0.964 bits per heavy atom. The summed E-state index contributed by atoms with van der Waals surface area (Å²) < 4.78 is 11.0. The first kappa shape index (κ1) is 18.3. The van der Waals surface area contributed by atoms with E-state index in [0.29, 0.717) is 23.0 Å². The molecule has 0 amide bonds. The van der Waals surface area contributed by atoms with Crippen molar-refractivity contribution in [2.75, 3.05) is 6.61 Å². The molecular weight excluding hydrogens is 372 g/mol. The number of fused-ring (bicyclic) bond motifs is 1. The lowest BCUT2D eigenvalue weighted by atomic mass is 10.0. The number of carbonyl (C=O) groups excluding carboxylic acids is 1. The molecule has 3 aromatic carbocycles. The molecule has 4 heteroatoms. The molecule has 0 aliphatic rings. The number of rotatable bonds is 5. The van der Waals surface area contributed by atoms with E-state index in [1.165, 1.54) is 11.1 Å². The standard InChI is InChI=1S/C24H19ClO3/c1-2-27-24(26)18-9-10-20(21(25)14-18)23-15-19-13-17(8-11-22(19)28-23)12-16-6-4-3-5-7-16/h3-11,13-15H,2,12H2,1H3. The molecule has 0 unspecified atom stereocenters. The van der Waals surface area contributed by atoms with Crippen LogP contribution in [-0.4, -0.2) is 12.6 Å². The number of halogens is 1. The third-order valence-corrected chi connectivity index (χ3v) is 4.89. The van der Waals surface area contributed by atoms with E-state index in [4.69, 9.17) is 20.8 Å². The van der Waals surface area contributed by atoms with Gasteiger partial charge in [-0.15, -0.1) is 0 Å². The van der Waals surface area contributed by atoms with Gasteiger partial charge in [0.05, 0.1) is 17.2 Å². The van der Waals surface area contributed by atoms with E-state index < -0.39 is 0 Å². The van der Waals surface area contributed by atoms with Crippen LogP contribution in [0.5, 0.6) is 0 Å². The maximum absolute atomic E-state index is 11.9. The van der Waals surface area contributed by atoms with Crippen LogP contribution in [0.25, 0.3) is 22.3 Å². The Hall–Kier alpha value is -3.04. The van der Waals surface area contributed by atoms with Crippen LogP contribution in [0.2, 0.25) is 5.02 Å². The molecule has 0 N–H and O–H groups in total. The van der Waals surface area contributed by atoms with Crippen LogP contribution in [-0.2, 0) is 11.2 Å². The van der Waals surface area contributed by atoms with Crippen LogP contribution in [0.4, 0.5) is 0 Å². The Balaban J connectivity index is 1.63. The van der Waals surface area contributed by atoms with Gasteiger partial charge in [-0.25, -0.2) is 4.79 Å². The number of carbonyl (C=O) groups is 1. The topological polar surface area (TPSA) is 39.4 Å². The van der Waals surface area contributed by atoms with E-state index >= 15 is 0 Å². The lowest BCUT2D eigenvalue weighted by Gasteiger charge is -2.05. The molecule has 0 aliphatic carbocycles. The maximum atomic E-state index is 11.9. The van der Waals surface area contributed by atoms with Crippen molar-refractivity contribution in [2.45, 2.75) is 13.3 Å². The fraction of sp³-hybridized carbons (Fsp3) is 0.125. The summed E-state index contributed by atoms with van der Waals surface area (Å²) in [6.45, 7) is 2.10. The molecule has 1 heterocycles. The normalized spacial score (nSPS) is 10.9. The second-order valence-electron chi connectivity index (χ2n) is 6.56. The third kappa shape index (κ3) is 3.80. The van der Waals surface area contributed by atoms with Crippen molar-refractivity contribution in [3.63, 3.8) is 0 Å². The zero-order valence-electron chi connectivity index (χ0n) is 15.4. The van der Waals surface area contributed by atoms with E-state index in [9.17, 15) is 4.79 Å². The summed E-state index contributed by atoms with van der Waals surface area (Å²) >= 11 is 6.41. The average molecular weight is 391 g/mol. The average Bonchev–Trinajstić information content (AvgIpc) is 3.12. The molecule has 0 fully saturated rings. The number of benzene rings is 3. The van der Waals surface area contributed by atoms with Gasteiger partial charge in [0.25, 0.3) is 0 Å². The van der Waals surface area contributed by atoms with Crippen LogP contribution in [0.3, 0.4) is 0 Å². The summed E-state index contributed by atoms with van der Waals surface area (Å²) in [4.78, 5) is 11.9. The summed E-state index contributed by atoms with van der Waals surface area (Å²) in [5.41, 5.74) is 4.46. The third-order valence-electron chi connectivity index (χ3n) is 4.58. The summed E-state index contributed by atoms with van der Waals surface area (Å²) in [5.74, 6) is 0.290. The minimum absolute atomic E-state index is 0.326. The first-order chi connectivity index (χ1) is 13.6. The van der Waals surface area contributed by atoms with Crippen molar-refractivity contribution >= 4 is 28.5 Å². The summed E-state index contributed by atoms with van der Waals surface area (Å²) in [6, 6.07) is 23.6. The number of hydrogen-bond donors (Lipinski definition) is 0. The molecule has 4 aromatic rings. The van der Waals surface area contributed by atoms with Crippen molar-refractivity contribution in [1.82, 2.24) is 0 Å². The molecule has 0 atom stereocenters. The van der Waals surface area contributed by atoms with Gasteiger partial charge >= 0.3 is 5.97 Å². The number of ether oxygens (including phenoxy) is 1. The van der Waals surface area contributed by atoms with Crippen molar-refractivity contribution in [3.05, 3.63) is 94.5 Å². The van der Waals surface area contributed by atoms with Gasteiger partial charge in [0, 0.05) is 10.9 Å². The van der Waals surface area contributed by atoms with Gasteiger partial charge in [-0.1, -0.05) is 48.0 Å². The molecule has 0 spiro atoms. The van der Waals surface area contributed by atoms with E-state index in [-0.39, 0.29) is 5.97 Å². The van der Waals surface area contributed by atoms with Gasteiger partial charge in [-0.2, -0.15) is 0 Å². The van der Waals surface area contributed by atoms with Crippen molar-refractivity contribution in [3.8, 4) is 11.3 Å². The smallest absolute Gasteiger partial charge is 0.338 e. The van der Waals surface area contributed by atoms with Gasteiger partial charge in [-0.05, 0) is 60.9 Å². The number of esters is 1. The van der Waals surface area contributed by atoms with E-state index in [0.717, 1.165) is 23.0 Å². The van der Waals surface area contributed by atoms with Crippen LogP contribution in [0, 0.1) is 0 Å². The Morgan fingerprint density at radius 3 is 2.54 bits per heavy atom. The van der Waals surface area contributed by atoms with Crippen molar-refractivity contribution in [2.24, 2.45) is 0 Å². The molecular formula is C24H19ClO3. The summed E-state index contributed by atoms with van der Waals surface area (Å²) in [7, 11) is 0.